The minimum Gasteiger partial charge on any atom is -0.507 e. The lowest BCUT2D eigenvalue weighted by atomic mass is 9.96. The fourth-order valence-corrected chi connectivity index (χ4v) is 5.77. The first kappa shape index (κ1) is 18.2. The lowest BCUT2D eigenvalue weighted by molar-refractivity contribution is 0.189. The molecule has 1 N–H and O–H groups in total. The highest BCUT2D eigenvalue weighted by molar-refractivity contribution is 6.18. The van der Waals surface area contributed by atoms with Crippen LogP contribution in [-0.4, -0.2) is 31.0 Å². The molecule has 0 bridgehead atoms. The third kappa shape index (κ3) is 2.73. The summed E-state index contributed by atoms with van der Waals surface area (Å²) in [6.45, 7) is 3.14. The molecule has 6 rings (SSSR count). The molecule has 4 nitrogen and oxygen atoms in total. The smallest absolute Gasteiger partial charge is 0.172 e. The minimum absolute atomic E-state index is 0.0974. The molecule has 3 heterocycles. The van der Waals surface area contributed by atoms with Crippen LogP contribution in [0.1, 0.15) is 51.4 Å². The molecule has 156 valence electrons. The molecule has 0 aliphatic carbocycles. The molecule has 3 aliphatic heterocycles. The average Bonchev–Trinajstić information content (AvgIpc) is 3.20. The van der Waals surface area contributed by atoms with Crippen molar-refractivity contribution in [1.82, 2.24) is 0 Å². The van der Waals surface area contributed by atoms with Crippen LogP contribution in [-0.2, 0) is 0 Å². The quantitative estimate of drug-likeness (QED) is 0.493. The van der Waals surface area contributed by atoms with E-state index in [4.69, 9.17) is 4.74 Å². The summed E-state index contributed by atoms with van der Waals surface area (Å²) in [5.41, 5.74) is 2.38. The van der Waals surface area contributed by atoms with Crippen LogP contribution in [0.3, 0.4) is 0 Å². The lowest BCUT2D eigenvalue weighted by Gasteiger charge is -2.38. The van der Waals surface area contributed by atoms with Gasteiger partial charge in [-0.1, -0.05) is 43.5 Å². The second kappa shape index (κ2) is 7.26. The fourth-order valence-electron chi connectivity index (χ4n) is 5.77. The van der Waals surface area contributed by atoms with Crippen LogP contribution in [0.25, 0.3) is 21.5 Å². The standard InChI is InChI=1S/C26H30N2O2/c29-25-18-10-8-13-21-24(18)26(30-22-14-4-3-7-17-28(21)22)19-11-9-12-20(23(19)25)27-15-5-1-2-6-16-27/h8-13,22,29H,1-7,14-17H2. The summed E-state index contributed by atoms with van der Waals surface area (Å²) in [5, 5.41) is 15.5. The number of hydrogen-bond donors (Lipinski definition) is 1. The molecule has 0 saturated carbocycles. The van der Waals surface area contributed by atoms with Crippen molar-refractivity contribution in [1.29, 1.82) is 0 Å². The van der Waals surface area contributed by atoms with E-state index in [9.17, 15) is 5.11 Å². The Bertz CT molecular complexity index is 1100. The Kier molecular flexibility index (Phi) is 4.40. The molecular weight excluding hydrogens is 372 g/mol. The van der Waals surface area contributed by atoms with Crippen LogP contribution in [0, 0.1) is 0 Å². The maximum Gasteiger partial charge on any atom is 0.172 e. The SMILES string of the molecule is Oc1c2cccc3c2c(c2cccc(N4CCCCCC4)c12)OC1CCCCCN31. The number of hydrogen-bond acceptors (Lipinski definition) is 4. The lowest BCUT2D eigenvalue weighted by Crippen LogP contribution is -2.41. The van der Waals surface area contributed by atoms with Crippen molar-refractivity contribution >= 4 is 32.9 Å². The number of aromatic hydroxyl groups is 1. The van der Waals surface area contributed by atoms with Gasteiger partial charge in [-0.3, -0.25) is 0 Å². The highest BCUT2D eigenvalue weighted by atomic mass is 16.5. The van der Waals surface area contributed by atoms with Gasteiger partial charge in [0.05, 0.1) is 16.5 Å². The van der Waals surface area contributed by atoms with Gasteiger partial charge in [-0.25, -0.2) is 0 Å². The van der Waals surface area contributed by atoms with Crippen molar-refractivity contribution in [2.75, 3.05) is 29.4 Å². The Morgan fingerprint density at radius 1 is 0.733 bits per heavy atom. The summed E-state index contributed by atoms with van der Waals surface area (Å²) in [6, 6.07) is 12.8. The van der Waals surface area contributed by atoms with Gasteiger partial charge in [0.25, 0.3) is 0 Å². The summed E-state index contributed by atoms with van der Waals surface area (Å²) >= 11 is 0. The zero-order valence-electron chi connectivity index (χ0n) is 17.6. The van der Waals surface area contributed by atoms with E-state index in [1.807, 2.05) is 0 Å². The van der Waals surface area contributed by atoms with Crippen molar-refractivity contribution in [2.45, 2.75) is 57.6 Å². The number of rotatable bonds is 1. The Labute approximate surface area is 178 Å². The maximum absolute atomic E-state index is 11.5. The molecule has 3 aromatic carbocycles. The van der Waals surface area contributed by atoms with Gasteiger partial charge in [0, 0.05) is 42.5 Å². The topological polar surface area (TPSA) is 35.9 Å². The summed E-state index contributed by atoms with van der Waals surface area (Å²) in [4.78, 5) is 4.89. The van der Waals surface area contributed by atoms with Gasteiger partial charge >= 0.3 is 0 Å². The van der Waals surface area contributed by atoms with E-state index in [-0.39, 0.29) is 6.23 Å². The predicted octanol–water partition coefficient (Wildman–Crippen LogP) is 6.18. The number of benzene rings is 3. The second-order valence-corrected chi connectivity index (χ2v) is 9.09. The molecule has 3 aromatic rings. The average molecular weight is 403 g/mol. The number of anilines is 2. The molecule has 1 atom stereocenters. The van der Waals surface area contributed by atoms with Crippen LogP contribution in [0.2, 0.25) is 0 Å². The number of ether oxygens (including phenoxy) is 1. The van der Waals surface area contributed by atoms with E-state index in [1.54, 1.807) is 0 Å². The van der Waals surface area contributed by atoms with Crippen molar-refractivity contribution in [3.8, 4) is 11.5 Å². The molecular formula is C26H30N2O2. The fraction of sp³-hybridized carbons (Fsp3) is 0.462. The molecule has 0 spiro atoms. The predicted molar refractivity (Wildman–Crippen MR) is 124 cm³/mol. The van der Waals surface area contributed by atoms with E-state index >= 15 is 0 Å². The largest absolute Gasteiger partial charge is 0.507 e. The third-order valence-electron chi connectivity index (χ3n) is 7.26. The van der Waals surface area contributed by atoms with Crippen LogP contribution in [0.4, 0.5) is 11.4 Å². The van der Waals surface area contributed by atoms with Gasteiger partial charge in [-0.15, -0.1) is 0 Å². The summed E-state index contributed by atoms with van der Waals surface area (Å²) in [5.74, 6) is 1.37. The molecule has 2 saturated heterocycles. The summed E-state index contributed by atoms with van der Waals surface area (Å²) < 4.78 is 6.72. The van der Waals surface area contributed by atoms with Gasteiger partial charge < -0.3 is 19.6 Å². The second-order valence-electron chi connectivity index (χ2n) is 9.09. The van der Waals surface area contributed by atoms with Gasteiger partial charge in [0.15, 0.2) is 6.23 Å². The molecule has 1 unspecified atom stereocenters. The first-order chi connectivity index (χ1) is 14.8. The Morgan fingerprint density at radius 3 is 2.27 bits per heavy atom. The zero-order valence-corrected chi connectivity index (χ0v) is 17.6. The number of nitrogens with zero attached hydrogens (tertiary/aromatic N) is 2. The summed E-state index contributed by atoms with van der Waals surface area (Å²) in [6.07, 6.45) is 9.85. The molecule has 3 aliphatic rings. The number of fused-ring (bicyclic) bond motifs is 4. The van der Waals surface area contributed by atoms with E-state index < -0.39 is 0 Å². The molecule has 30 heavy (non-hydrogen) atoms. The van der Waals surface area contributed by atoms with Crippen LogP contribution in [0.15, 0.2) is 36.4 Å². The van der Waals surface area contributed by atoms with Gasteiger partial charge in [-0.2, -0.15) is 0 Å². The van der Waals surface area contributed by atoms with Crippen LogP contribution < -0.4 is 14.5 Å². The van der Waals surface area contributed by atoms with E-state index in [2.05, 4.69) is 46.2 Å². The molecule has 2 fully saturated rings. The zero-order chi connectivity index (χ0) is 20.1. The van der Waals surface area contributed by atoms with Gasteiger partial charge in [-0.05, 0) is 37.8 Å². The number of phenolic OH excluding ortho intramolecular Hbond substituents is 1. The molecule has 0 aromatic heterocycles. The molecule has 0 amide bonds. The summed E-state index contributed by atoms with van der Waals surface area (Å²) in [7, 11) is 0. The van der Waals surface area contributed by atoms with Gasteiger partial charge in [0.2, 0.25) is 0 Å². The molecule has 4 heteroatoms. The first-order valence-corrected chi connectivity index (χ1v) is 11.7. The van der Waals surface area contributed by atoms with Crippen molar-refractivity contribution in [3.63, 3.8) is 0 Å². The number of phenols is 1. The van der Waals surface area contributed by atoms with E-state index in [1.165, 1.54) is 50.6 Å². The monoisotopic (exact) mass is 402 g/mol. The normalized spacial score (nSPS) is 21.8. The minimum atomic E-state index is 0.0974. The highest BCUT2D eigenvalue weighted by Crippen LogP contribution is 2.52. The van der Waals surface area contributed by atoms with Crippen LogP contribution in [0.5, 0.6) is 11.5 Å². The molecule has 0 radical (unpaired) electrons. The third-order valence-corrected chi connectivity index (χ3v) is 7.26. The Morgan fingerprint density at radius 2 is 1.43 bits per heavy atom. The first-order valence-electron chi connectivity index (χ1n) is 11.7. The van der Waals surface area contributed by atoms with E-state index in [0.29, 0.717) is 5.75 Å². The van der Waals surface area contributed by atoms with Crippen LogP contribution >= 0.6 is 0 Å². The van der Waals surface area contributed by atoms with Crippen molar-refractivity contribution in [2.24, 2.45) is 0 Å². The Balaban J connectivity index is 1.62. The maximum atomic E-state index is 11.5. The highest BCUT2D eigenvalue weighted by Gasteiger charge is 2.33. The van der Waals surface area contributed by atoms with Crippen molar-refractivity contribution < 1.29 is 9.84 Å². The van der Waals surface area contributed by atoms with Crippen molar-refractivity contribution in [3.05, 3.63) is 36.4 Å². The Hall–Kier alpha value is -2.62. The van der Waals surface area contributed by atoms with E-state index in [0.717, 1.165) is 59.0 Å². The van der Waals surface area contributed by atoms with Gasteiger partial charge in [0.1, 0.15) is 11.5 Å².